The Bertz CT molecular complexity index is 646. The summed E-state index contributed by atoms with van der Waals surface area (Å²) in [6.07, 6.45) is 6.21. The number of fused-ring (bicyclic) bond motifs is 2. The monoisotopic (exact) mass is 298 g/mol. The summed E-state index contributed by atoms with van der Waals surface area (Å²) in [6, 6.07) is 9.40. The van der Waals surface area contributed by atoms with Crippen LogP contribution in [-0.2, 0) is 12.8 Å². The number of aromatic nitrogens is 1. The average molecular weight is 298 g/mol. The molecule has 0 bridgehead atoms. The van der Waals surface area contributed by atoms with Gasteiger partial charge in [-0.05, 0) is 49.8 Å². The van der Waals surface area contributed by atoms with Gasteiger partial charge in [-0.25, -0.2) is 4.98 Å². The van der Waals surface area contributed by atoms with Crippen LogP contribution < -0.4 is 5.32 Å². The van der Waals surface area contributed by atoms with Crippen molar-refractivity contribution in [2.45, 2.75) is 51.0 Å². The van der Waals surface area contributed by atoms with E-state index in [4.69, 9.17) is 4.98 Å². The van der Waals surface area contributed by atoms with Crippen LogP contribution >= 0.6 is 11.3 Å². The normalized spacial score (nSPS) is 23.9. The molecule has 0 radical (unpaired) electrons. The molecule has 0 saturated heterocycles. The van der Waals surface area contributed by atoms with E-state index in [0.29, 0.717) is 12.0 Å². The molecule has 3 heteroatoms. The summed E-state index contributed by atoms with van der Waals surface area (Å²) in [5, 5.41) is 4.96. The first kappa shape index (κ1) is 13.5. The van der Waals surface area contributed by atoms with Crippen molar-refractivity contribution < 1.29 is 0 Å². The number of thiazole rings is 1. The summed E-state index contributed by atoms with van der Waals surface area (Å²) < 4.78 is 0. The predicted molar refractivity (Wildman–Crippen MR) is 88.1 cm³/mol. The molecule has 1 N–H and O–H groups in total. The van der Waals surface area contributed by atoms with Crippen LogP contribution in [0.15, 0.2) is 24.3 Å². The molecule has 2 nitrogen and oxygen atoms in total. The molecular formula is C18H22N2S. The van der Waals surface area contributed by atoms with Gasteiger partial charge in [-0.3, -0.25) is 0 Å². The summed E-state index contributed by atoms with van der Waals surface area (Å²) in [5.41, 5.74) is 4.40. The van der Waals surface area contributed by atoms with Crippen molar-refractivity contribution in [3.05, 3.63) is 51.0 Å². The first-order chi connectivity index (χ1) is 10.4. The molecule has 4 rings (SSSR count). The van der Waals surface area contributed by atoms with Crippen molar-refractivity contribution in [3.63, 3.8) is 0 Å². The van der Waals surface area contributed by atoms with Crippen LogP contribution in [0, 0.1) is 0 Å². The van der Waals surface area contributed by atoms with Crippen molar-refractivity contribution in [1.29, 1.82) is 0 Å². The van der Waals surface area contributed by atoms with Gasteiger partial charge in [0.1, 0.15) is 5.01 Å². The Morgan fingerprint density at radius 3 is 3.05 bits per heavy atom. The third kappa shape index (κ3) is 2.33. The van der Waals surface area contributed by atoms with Crippen molar-refractivity contribution in [3.8, 4) is 0 Å². The molecule has 2 unspecified atom stereocenters. The molecule has 110 valence electrons. The average Bonchev–Trinajstić information content (AvgIpc) is 3.11. The lowest BCUT2D eigenvalue weighted by Gasteiger charge is -2.21. The zero-order chi connectivity index (χ0) is 14.2. The fraction of sp³-hybridized carbons (Fsp3) is 0.500. The molecule has 0 fully saturated rings. The van der Waals surface area contributed by atoms with Gasteiger partial charge in [-0.2, -0.15) is 0 Å². The Hall–Kier alpha value is -1.19. The predicted octanol–water partition coefficient (Wildman–Crippen LogP) is 4.21. The van der Waals surface area contributed by atoms with E-state index in [-0.39, 0.29) is 0 Å². The molecular weight excluding hydrogens is 276 g/mol. The van der Waals surface area contributed by atoms with Gasteiger partial charge in [0.25, 0.3) is 0 Å². The van der Waals surface area contributed by atoms with Gasteiger partial charge in [-0.1, -0.05) is 31.2 Å². The zero-order valence-electron chi connectivity index (χ0n) is 12.6. The van der Waals surface area contributed by atoms with E-state index in [9.17, 15) is 0 Å². The fourth-order valence-corrected chi connectivity index (χ4v) is 5.17. The zero-order valence-corrected chi connectivity index (χ0v) is 13.4. The minimum atomic E-state index is 0.486. The van der Waals surface area contributed by atoms with Crippen LogP contribution in [0.4, 0.5) is 0 Å². The van der Waals surface area contributed by atoms with E-state index in [2.05, 4.69) is 36.5 Å². The van der Waals surface area contributed by atoms with Gasteiger partial charge in [0.05, 0.1) is 11.7 Å². The lowest BCUT2D eigenvalue weighted by molar-refractivity contribution is 0.464. The largest absolute Gasteiger partial charge is 0.309 e. The van der Waals surface area contributed by atoms with Crippen LogP contribution in [-0.4, -0.2) is 11.5 Å². The topological polar surface area (TPSA) is 24.9 Å². The van der Waals surface area contributed by atoms with Crippen LogP contribution in [0.5, 0.6) is 0 Å². The lowest BCUT2D eigenvalue weighted by atomic mass is 9.97. The van der Waals surface area contributed by atoms with E-state index in [1.165, 1.54) is 58.8 Å². The molecule has 0 spiro atoms. The van der Waals surface area contributed by atoms with Crippen LogP contribution in [0.3, 0.4) is 0 Å². The van der Waals surface area contributed by atoms with E-state index >= 15 is 0 Å². The number of hydrogen-bond acceptors (Lipinski definition) is 3. The van der Waals surface area contributed by atoms with E-state index in [1.807, 2.05) is 11.3 Å². The number of nitrogens with one attached hydrogen (secondary N) is 1. The Balaban J connectivity index is 1.69. The molecule has 2 atom stereocenters. The van der Waals surface area contributed by atoms with E-state index in [0.717, 1.165) is 6.54 Å². The maximum atomic E-state index is 5.09. The Labute approximate surface area is 130 Å². The Morgan fingerprint density at radius 2 is 2.14 bits per heavy atom. The maximum absolute atomic E-state index is 5.09. The quantitative estimate of drug-likeness (QED) is 0.918. The van der Waals surface area contributed by atoms with Crippen molar-refractivity contribution in [2.24, 2.45) is 0 Å². The lowest BCUT2D eigenvalue weighted by Crippen LogP contribution is -2.24. The highest BCUT2D eigenvalue weighted by Gasteiger charge is 2.30. The van der Waals surface area contributed by atoms with E-state index in [1.54, 1.807) is 0 Å². The third-order valence-electron chi connectivity index (χ3n) is 4.85. The van der Waals surface area contributed by atoms with Gasteiger partial charge in [0.15, 0.2) is 0 Å². The number of rotatable bonds is 3. The number of benzene rings is 1. The first-order valence-corrected chi connectivity index (χ1v) is 8.99. The number of nitrogens with zero attached hydrogens (tertiary/aromatic N) is 1. The molecule has 1 aromatic heterocycles. The standard InChI is InChI=1S/C18H22N2S/c1-2-19-15-8-5-9-16-17(15)20-18(21-16)14-11-10-12-6-3-4-7-13(12)14/h3-4,6-7,14-15,19H,2,5,8-11H2,1H3. The molecule has 1 heterocycles. The smallest absolute Gasteiger partial charge is 0.101 e. The van der Waals surface area contributed by atoms with Gasteiger partial charge >= 0.3 is 0 Å². The molecule has 0 aliphatic heterocycles. The molecule has 2 aromatic rings. The Kier molecular flexibility index (Phi) is 3.56. The molecule has 2 aliphatic rings. The summed E-state index contributed by atoms with van der Waals surface area (Å²) in [7, 11) is 0. The summed E-state index contributed by atoms with van der Waals surface area (Å²) >= 11 is 1.97. The molecule has 21 heavy (non-hydrogen) atoms. The first-order valence-electron chi connectivity index (χ1n) is 8.17. The molecule has 2 aliphatic carbocycles. The second-order valence-electron chi connectivity index (χ2n) is 6.15. The van der Waals surface area contributed by atoms with Crippen LogP contribution in [0.2, 0.25) is 0 Å². The highest BCUT2D eigenvalue weighted by atomic mass is 32.1. The van der Waals surface area contributed by atoms with Crippen LogP contribution in [0.25, 0.3) is 0 Å². The summed E-state index contributed by atoms with van der Waals surface area (Å²) in [6.45, 7) is 3.22. The second-order valence-corrected chi connectivity index (χ2v) is 7.27. The van der Waals surface area contributed by atoms with Crippen molar-refractivity contribution >= 4 is 11.3 Å². The molecule has 0 amide bonds. The Morgan fingerprint density at radius 1 is 1.24 bits per heavy atom. The highest BCUT2D eigenvalue weighted by molar-refractivity contribution is 7.11. The minimum Gasteiger partial charge on any atom is -0.309 e. The highest BCUT2D eigenvalue weighted by Crippen LogP contribution is 2.42. The SMILES string of the molecule is CCNC1CCCc2sc(C3CCc4ccccc43)nc21. The van der Waals surface area contributed by atoms with Gasteiger partial charge in [0, 0.05) is 10.8 Å². The minimum absolute atomic E-state index is 0.486. The second kappa shape index (κ2) is 5.54. The fourth-order valence-electron chi connectivity index (χ4n) is 3.85. The molecule has 0 saturated carbocycles. The van der Waals surface area contributed by atoms with Gasteiger partial charge in [-0.15, -0.1) is 11.3 Å². The van der Waals surface area contributed by atoms with Crippen LogP contribution in [0.1, 0.15) is 64.9 Å². The number of aryl methyl sites for hydroxylation is 2. The summed E-state index contributed by atoms with van der Waals surface area (Å²) in [4.78, 5) is 6.62. The summed E-state index contributed by atoms with van der Waals surface area (Å²) in [5.74, 6) is 0.541. The maximum Gasteiger partial charge on any atom is 0.101 e. The van der Waals surface area contributed by atoms with E-state index < -0.39 is 0 Å². The number of hydrogen-bond donors (Lipinski definition) is 1. The van der Waals surface area contributed by atoms with Crippen molar-refractivity contribution in [2.75, 3.05) is 6.54 Å². The molecule has 1 aromatic carbocycles. The third-order valence-corrected chi connectivity index (χ3v) is 6.10. The van der Waals surface area contributed by atoms with Gasteiger partial charge < -0.3 is 5.32 Å². The van der Waals surface area contributed by atoms with Crippen molar-refractivity contribution in [1.82, 2.24) is 10.3 Å². The van der Waals surface area contributed by atoms with Gasteiger partial charge in [0.2, 0.25) is 0 Å².